The molecular formula is C16H22BN5O4. The molecule has 1 aromatic carbocycles. The Morgan fingerprint density at radius 1 is 1.54 bits per heavy atom. The van der Waals surface area contributed by atoms with Gasteiger partial charge in [0.25, 0.3) is 0 Å². The van der Waals surface area contributed by atoms with E-state index in [1.54, 1.807) is 23.0 Å². The van der Waals surface area contributed by atoms with Crippen molar-refractivity contribution >= 4 is 13.1 Å². The molecule has 3 rings (SSSR count). The Morgan fingerprint density at radius 2 is 2.31 bits per heavy atom. The van der Waals surface area contributed by atoms with Crippen LogP contribution in [0.15, 0.2) is 24.4 Å². The lowest BCUT2D eigenvalue weighted by Gasteiger charge is -2.32. The van der Waals surface area contributed by atoms with E-state index in [-0.39, 0.29) is 17.3 Å². The SMILES string of the molecule is CC(C)(CN[C@H]1Cc2cccc(C(=O)O)c2OB1O)n1cc(CN)nn1. The van der Waals surface area contributed by atoms with Gasteiger partial charge >= 0.3 is 13.1 Å². The Bertz CT molecular complexity index is 810. The van der Waals surface area contributed by atoms with Crippen LogP contribution in [0.4, 0.5) is 0 Å². The van der Waals surface area contributed by atoms with Gasteiger partial charge in [0.1, 0.15) is 5.75 Å². The van der Waals surface area contributed by atoms with Crippen molar-refractivity contribution in [2.75, 3.05) is 6.54 Å². The van der Waals surface area contributed by atoms with Gasteiger partial charge in [-0.15, -0.1) is 5.10 Å². The molecule has 1 aliphatic heterocycles. The maximum absolute atomic E-state index is 11.3. The van der Waals surface area contributed by atoms with Gasteiger partial charge in [0.2, 0.25) is 0 Å². The smallest absolute Gasteiger partial charge is 0.534 e. The molecule has 0 bridgehead atoms. The van der Waals surface area contributed by atoms with E-state index < -0.39 is 18.6 Å². The number of para-hydroxylation sites is 1. The Morgan fingerprint density at radius 3 is 2.96 bits per heavy atom. The van der Waals surface area contributed by atoms with Gasteiger partial charge in [-0.2, -0.15) is 0 Å². The summed E-state index contributed by atoms with van der Waals surface area (Å²) in [5, 5.41) is 30.9. The number of fused-ring (bicyclic) bond motifs is 1. The van der Waals surface area contributed by atoms with Crippen molar-refractivity contribution in [2.24, 2.45) is 5.73 Å². The van der Waals surface area contributed by atoms with Crippen LogP contribution < -0.4 is 15.7 Å². The monoisotopic (exact) mass is 359 g/mol. The lowest BCUT2D eigenvalue weighted by molar-refractivity contribution is 0.0694. The zero-order chi connectivity index (χ0) is 18.9. The predicted octanol–water partition coefficient (Wildman–Crippen LogP) is -0.217. The van der Waals surface area contributed by atoms with Crippen molar-refractivity contribution in [2.45, 2.75) is 38.3 Å². The van der Waals surface area contributed by atoms with Crippen LogP contribution in [0.2, 0.25) is 0 Å². The van der Waals surface area contributed by atoms with Crippen LogP contribution in [-0.2, 0) is 18.5 Å². The van der Waals surface area contributed by atoms with Gasteiger partial charge in [-0.3, -0.25) is 0 Å². The first kappa shape index (κ1) is 18.4. The van der Waals surface area contributed by atoms with Crippen LogP contribution in [0.5, 0.6) is 5.75 Å². The zero-order valence-electron chi connectivity index (χ0n) is 14.7. The molecule has 5 N–H and O–H groups in total. The molecule has 0 saturated carbocycles. The number of nitrogens with zero attached hydrogens (tertiary/aromatic N) is 3. The molecule has 9 nitrogen and oxygen atoms in total. The number of hydrogen-bond donors (Lipinski definition) is 4. The van der Waals surface area contributed by atoms with Gasteiger partial charge in [-0.05, 0) is 31.9 Å². The summed E-state index contributed by atoms with van der Waals surface area (Å²) in [5.74, 6) is -1.22. The van der Waals surface area contributed by atoms with Crippen LogP contribution in [0.3, 0.4) is 0 Å². The van der Waals surface area contributed by atoms with Gasteiger partial charge in [0.05, 0.1) is 28.9 Å². The minimum absolute atomic E-state index is 0.0530. The largest absolute Gasteiger partial charge is 0.541 e. The number of aromatic nitrogens is 3. The van der Waals surface area contributed by atoms with E-state index in [0.29, 0.717) is 25.2 Å². The third-order valence-electron chi connectivity index (χ3n) is 4.52. The number of nitrogens with one attached hydrogen (secondary N) is 1. The maximum Gasteiger partial charge on any atom is 0.541 e. The number of carbonyl (C=O) groups is 1. The molecular weight excluding hydrogens is 337 g/mol. The zero-order valence-corrected chi connectivity index (χ0v) is 14.7. The fourth-order valence-corrected chi connectivity index (χ4v) is 2.92. The molecule has 0 radical (unpaired) electrons. The first-order chi connectivity index (χ1) is 12.3. The van der Waals surface area contributed by atoms with Gasteiger partial charge in [0.15, 0.2) is 0 Å². The minimum atomic E-state index is -1.14. The maximum atomic E-state index is 11.3. The summed E-state index contributed by atoms with van der Waals surface area (Å²) in [6, 6.07) is 4.94. The van der Waals surface area contributed by atoms with Crippen molar-refractivity contribution in [1.82, 2.24) is 20.3 Å². The van der Waals surface area contributed by atoms with Crippen LogP contribution in [0, 0.1) is 0 Å². The molecule has 1 aromatic heterocycles. The molecule has 26 heavy (non-hydrogen) atoms. The number of carboxylic acids is 1. The van der Waals surface area contributed by atoms with Crippen LogP contribution in [0.1, 0.15) is 35.5 Å². The molecule has 0 spiro atoms. The summed E-state index contributed by atoms with van der Waals surface area (Å²) in [6.45, 7) is 4.80. The van der Waals surface area contributed by atoms with Crippen molar-refractivity contribution in [3.05, 3.63) is 41.2 Å². The summed E-state index contributed by atoms with van der Waals surface area (Å²) >= 11 is 0. The highest BCUT2D eigenvalue weighted by molar-refractivity contribution is 6.46. The number of aromatic carboxylic acids is 1. The lowest BCUT2D eigenvalue weighted by Crippen LogP contribution is -2.54. The third kappa shape index (κ3) is 3.57. The fraction of sp³-hybridized carbons (Fsp3) is 0.438. The number of benzene rings is 1. The molecule has 0 amide bonds. The van der Waals surface area contributed by atoms with Crippen molar-refractivity contribution < 1.29 is 19.6 Å². The van der Waals surface area contributed by atoms with E-state index in [9.17, 15) is 14.9 Å². The topological polar surface area (TPSA) is 136 Å². The lowest BCUT2D eigenvalue weighted by atomic mass is 9.72. The molecule has 10 heteroatoms. The highest BCUT2D eigenvalue weighted by atomic mass is 16.5. The molecule has 2 heterocycles. The fourth-order valence-electron chi connectivity index (χ4n) is 2.92. The normalized spacial score (nSPS) is 16.9. The van der Waals surface area contributed by atoms with E-state index in [1.807, 2.05) is 13.8 Å². The second kappa shape index (κ2) is 7.06. The van der Waals surface area contributed by atoms with Crippen LogP contribution in [-0.4, -0.2) is 50.7 Å². The third-order valence-corrected chi connectivity index (χ3v) is 4.52. The molecule has 2 aromatic rings. The number of hydrogen-bond acceptors (Lipinski definition) is 7. The first-order valence-corrected chi connectivity index (χ1v) is 8.37. The van der Waals surface area contributed by atoms with E-state index in [1.165, 1.54) is 6.07 Å². The summed E-state index contributed by atoms with van der Waals surface area (Å²) in [6.07, 6.45) is 2.25. The predicted molar refractivity (Wildman–Crippen MR) is 94.7 cm³/mol. The van der Waals surface area contributed by atoms with Crippen molar-refractivity contribution in [3.8, 4) is 5.75 Å². The molecule has 0 saturated heterocycles. The standard InChI is InChI=1S/C16H22BN5O4/c1-16(2,22-8-11(7-18)20-21-22)9-19-13-6-10-4-3-5-12(15(23)24)14(10)26-17(13)25/h3-5,8,13,19,25H,6-7,9,18H2,1-2H3,(H,23,24)/t13-/m0/s1. The number of carboxylic acid groups (broad SMARTS) is 1. The molecule has 0 aliphatic carbocycles. The Hall–Kier alpha value is -2.43. The summed E-state index contributed by atoms with van der Waals surface area (Å²) in [5.41, 5.74) is 6.67. The quantitative estimate of drug-likeness (QED) is 0.520. The second-order valence-electron chi connectivity index (χ2n) is 6.97. The molecule has 1 aliphatic rings. The van der Waals surface area contributed by atoms with Gasteiger partial charge in [-0.25, -0.2) is 9.48 Å². The van der Waals surface area contributed by atoms with Crippen LogP contribution in [0.25, 0.3) is 0 Å². The Kier molecular flexibility index (Phi) is 4.99. The van der Waals surface area contributed by atoms with E-state index in [2.05, 4.69) is 15.6 Å². The van der Waals surface area contributed by atoms with Gasteiger partial charge in [-0.1, -0.05) is 17.3 Å². The molecule has 138 valence electrons. The summed E-state index contributed by atoms with van der Waals surface area (Å²) in [7, 11) is -1.14. The summed E-state index contributed by atoms with van der Waals surface area (Å²) in [4.78, 5) is 11.3. The summed E-state index contributed by atoms with van der Waals surface area (Å²) < 4.78 is 7.22. The van der Waals surface area contributed by atoms with E-state index >= 15 is 0 Å². The van der Waals surface area contributed by atoms with Crippen molar-refractivity contribution in [1.29, 1.82) is 0 Å². The van der Waals surface area contributed by atoms with Crippen molar-refractivity contribution in [3.63, 3.8) is 0 Å². The van der Waals surface area contributed by atoms with Crippen LogP contribution >= 0.6 is 0 Å². The number of rotatable bonds is 6. The average molecular weight is 359 g/mol. The first-order valence-electron chi connectivity index (χ1n) is 8.37. The molecule has 1 atom stereocenters. The second-order valence-corrected chi connectivity index (χ2v) is 6.97. The highest BCUT2D eigenvalue weighted by Gasteiger charge is 2.37. The highest BCUT2D eigenvalue weighted by Crippen LogP contribution is 2.30. The van der Waals surface area contributed by atoms with E-state index in [4.69, 9.17) is 10.4 Å². The van der Waals surface area contributed by atoms with Gasteiger partial charge in [0, 0.05) is 13.1 Å². The Labute approximate surface area is 151 Å². The Balaban J connectivity index is 1.71. The van der Waals surface area contributed by atoms with Gasteiger partial charge < -0.3 is 25.8 Å². The molecule has 0 fully saturated rings. The van der Waals surface area contributed by atoms with E-state index in [0.717, 1.165) is 5.56 Å². The average Bonchev–Trinajstić information content (AvgIpc) is 3.09. The molecule has 0 unspecified atom stereocenters. The minimum Gasteiger partial charge on any atom is -0.534 e. The number of nitrogens with two attached hydrogens (primary N) is 1.